The summed E-state index contributed by atoms with van der Waals surface area (Å²) in [4.78, 5) is 0. The zero-order valence-electron chi connectivity index (χ0n) is 10.5. The highest BCUT2D eigenvalue weighted by Gasteiger charge is 2.40. The fraction of sp³-hybridized carbons (Fsp3) is 0.571. The molecule has 1 N–H and O–H groups in total. The van der Waals surface area contributed by atoms with Gasteiger partial charge in [0.05, 0.1) is 6.10 Å². The average molecular weight is 345 g/mol. The molecule has 1 aliphatic heterocycles. The lowest BCUT2D eigenvalue weighted by molar-refractivity contribution is 0.0640. The summed E-state index contributed by atoms with van der Waals surface area (Å²) in [5.74, 6) is 0. The Morgan fingerprint density at radius 1 is 1.41 bits per heavy atom. The second kappa shape index (κ2) is 5.67. The number of halogens is 1. The molecule has 2 rings (SSSR count). The summed E-state index contributed by atoms with van der Waals surface area (Å²) in [5.41, 5.74) is 1.68. The van der Waals surface area contributed by atoms with Gasteiger partial charge in [-0.05, 0) is 67.1 Å². The average Bonchev–Trinajstić information content (AvgIpc) is 2.65. The van der Waals surface area contributed by atoms with Crippen LogP contribution in [0.2, 0.25) is 0 Å². The van der Waals surface area contributed by atoms with Crippen molar-refractivity contribution >= 4 is 22.6 Å². The smallest absolute Gasteiger partial charge is 0.0619 e. The molecular weight excluding hydrogens is 325 g/mol. The molecule has 0 saturated carbocycles. The number of ether oxygens (including phenoxy) is 1. The molecule has 1 aromatic rings. The van der Waals surface area contributed by atoms with Gasteiger partial charge in [-0.2, -0.15) is 0 Å². The maximum Gasteiger partial charge on any atom is 0.0619 e. The predicted octanol–water partition coefficient (Wildman–Crippen LogP) is 2.85. The monoisotopic (exact) mass is 345 g/mol. The normalized spacial score (nSPS) is 28.5. The van der Waals surface area contributed by atoms with Gasteiger partial charge in [-0.1, -0.05) is 12.1 Å². The van der Waals surface area contributed by atoms with Gasteiger partial charge in [0.25, 0.3) is 0 Å². The fourth-order valence-electron chi connectivity index (χ4n) is 2.71. The molecule has 0 radical (unpaired) electrons. The Labute approximate surface area is 117 Å². The van der Waals surface area contributed by atoms with Crippen molar-refractivity contribution in [3.8, 4) is 0 Å². The Bertz CT molecular complexity index is 365. The minimum atomic E-state index is 0.265. The van der Waals surface area contributed by atoms with E-state index in [0.29, 0.717) is 6.10 Å². The molecule has 94 valence electrons. The summed E-state index contributed by atoms with van der Waals surface area (Å²) in [5, 5.41) is 3.33. The number of benzene rings is 1. The molecule has 1 aliphatic rings. The van der Waals surface area contributed by atoms with Crippen molar-refractivity contribution in [2.45, 2.75) is 25.9 Å². The van der Waals surface area contributed by atoms with Gasteiger partial charge in [-0.3, -0.25) is 0 Å². The van der Waals surface area contributed by atoms with Crippen molar-refractivity contribution in [3.63, 3.8) is 0 Å². The lowest BCUT2D eigenvalue weighted by atomic mass is 9.76. The van der Waals surface area contributed by atoms with Gasteiger partial charge in [0, 0.05) is 22.1 Å². The van der Waals surface area contributed by atoms with Crippen LogP contribution in [0, 0.1) is 8.99 Å². The molecule has 1 aromatic carbocycles. The van der Waals surface area contributed by atoms with Crippen molar-refractivity contribution in [2.75, 3.05) is 20.2 Å². The molecule has 0 aliphatic carbocycles. The number of rotatable bonds is 4. The minimum absolute atomic E-state index is 0.265. The molecule has 1 fully saturated rings. The first kappa shape index (κ1) is 13.3. The third-order valence-electron chi connectivity index (χ3n) is 3.83. The maximum atomic E-state index is 5.78. The zero-order valence-corrected chi connectivity index (χ0v) is 12.7. The van der Waals surface area contributed by atoms with Gasteiger partial charge in [-0.15, -0.1) is 0 Å². The fourth-order valence-corrected chi connectivity index (χ4v) is 3.07. The zero-order chi connectivity index (χ0) is 12.3. The molecule has 2 nitrogen and oxygen atoms in total. The van der Waals surface area contributed by atoms with E-state index in [4.69, 9.17) is 4.74 Å². The van der Waals surface area contributed by atoms with Crippen molar-refractivity contribution in [1.29, 1.82) is 0 Å². The van der Waals surface area contributed by atoms with Crippen LogP contribution in [0.15, 0.2) is 24.3 Å². The molecule has 0 bridgehead atoms. The molecular formula is C14H20INO. The third kappa shape index (κ3) is 3.01. The van der Waals surface area contributed by atoms with Crippen LogP contribution in [0.1, 0.15) is 18.9 Å². The SMILES string of the molecule is CNCC1(Cc2ccc(I)cc2)CCOC1C. The summed E-state index contributed by atoms with van der Waals surface area (Å²) in [6.45, 7) is 4.13. The largest absolute Gasteiger partial charge is 0.378 e. The third-order valence-corrected chi connectivity index (χ3v) is 4.55. The summed E-state index contributed by atoms with van der Waals surface area (Å²) in [6.07, 6.45) is 2.60. The van der Waals surface area contributed by atoms with Gasteiger partial charge in [0.1, 0.15) is 0 Å². The summed E-state index contributed by atoms with van der Waals surface area (Å²) in [7, 11) is 2.03. The summed E-state index contributed by atoms with van der Waals surface area (Å²) >= 11 is 2.35. The van der Waals surface area contributed by atoms with Gasteiger partial charge >= 0.3 is 0 Å². The standard InChI is InChI=1S/C14H20INO/c1-11-14(10-16-2,7-8-17-11)9-12-3-5-13(15)6-4-12/h3-6,11,16H,7-10H2,1-2H3. The topological polar surface area (TPSA) is 21.3 Å². The van der Waals surface area contributed by atoms with E-state index in [9.17, 15) is 0 Å². The van der Waals surface area contributed by atoms with Crippen molar-refractivity contribution in [1.82, 2.24) is 5.32 Å². The Morgan fingerprint density at radius 2 is 2.12 bits per heavy atom. The number of nitrogens with one attached hydrogen (secondary N) is 1. The van der Waals surface area contributed by atoms with E-state index < -0.39 is 0 Å². The van der Waals surface area contributed by atoms with Crippen LogP contribution in [-0.2, 0) is 11.2 Å². The van der Waals surface area contributed by atoms with Gasteiger partial charge in [-0.25, -0.2) is 0 Å². The van der Waals surface area contributed by atoms with E-state index in [1.807, 2.05) is 7.05 Å². The van der Waals surface area contributed by atoms with E-state index in [-0.39, 0.29) is 5.41 Å². The van der Waals surface area contributed by atoms with Crippen LogP contribution in [-0.4, -0.2) is 26.3 Å². The van der Waals surface area contributed by atoms with E-state index in [2.05, 4.69) is 59.1 Å². The maximum absolute atomic E-state index is 5.78. The Hall–Kier alpha value is -0.130. The predicted molar refractivity (Wildman–Crippen MR) is 79.3 cm³/mol. The highest BCUT2D eigenvalue weighted by molar-refractivity contribution is 14.1. The molecule has 0 aromatic heterocycles. The summed E-state index contributed by atoms with van der Waals surface area (Å²) < 4.78 is 7.07. The first-order valence-corrected chi connectivity index (χ1v) is 7.25. The van der Waals surface area contributed by atoms with Crippen molar-refractivity contribution in [3.05, 3.63) is 33.4 Å². The Kier molecular flexibility index (Phi) is 4.44. The van der Waals surface area contributed by atoms with Crippen LogP contribution < -0.4 is 5.32 Å². The second-order valence-corrected chi connectivity index (χ2v) is 6.20. The van der Waals surface area contributed by atoms with Crippen molar-refractivity contribution in [2.24, 2.45) is 5.41 Å². The molecule has 0 spiro atoms. The molecule has 1 saturated heterocycles. The van der Waals surface area contributed by atoms with Crippen LogP contribution in [0.25, 0.3) is 0 Å². The molecule has 17 heavy (non-hydrogen) atoms. The minimum Gasteiger partial charge on any atom is -0.378 e. The first-order valence-electron chi connectivity index (χ1n) is 6.17. The molecule has 2 atom stereocenters. The van der Waals surface area contributed by atoms with Crippen LogP contribution >= 0.6 is 22.6 Å². The van der Waals surface area contributed by atoms with Crippen LogP contribution in [0.5, 0.6) is 0 Å². The summed E-state index contributed by atoms with van der Waals surface area (Å²) in [6, 6.07) is 8.85. The molecule has 2 unspecified atom stereocenters. The van der Waals surface area contributed by atoms with E-state index in [1.165, 1.54) is 9.13 Å². The van der Waals surface area contributed by atoms with Crippen LogP contribution in [0.3, 0.4) is 0 Å². The quantitative estimate of drug-likeness (QED) is 0.848. The highest BCUT2D eigenvalue weighted by Crippen LogP contribution is 2.37. The lowest BCUT2D eigenvalue weighted by Gasteiger charge is -2.32. The van der Waals surface area contributed by atoms with E-state index >= 15 is 0 Å². The second-order valence-electron chi connectivity index (χ2n) is 4.96. The highest BCUT2D eigenvalue weighted by atomic mass is 127. The van der Waals surface area contributed by atoms with Gasteiger partial charge in [0.2, 0.25) is 0 Å². The number of hydrogen-bond donors (Lipinski definition) is 1. The molecule has 3 heteroatoms. The Morgan fingerprint density at radius 3 is 2.65 bits per heavy atom. The number of hydrogen-bond acceptors (Lipinski definition) is 2. The first-order chi connectivity index (χ1) is 8.16. The van der Waals surface area contributed by atoms with E-state index in [0.717, 1.165) is 26.0 Å². The van der Waals surface area contributed by atoms with Gasteiger partial charge in [0.15, 0.2) is 0 Å². The lowest BCUT2D eigenvalue weighted by Crippen LogP contribution is -2.40. The van der Waals surface area contributed by atoms with Crippen molar-refractivity contribution < 1.29 is 4.74 Å². The van der Waals surface area contributed by atoms with Crippen LogP contribution in [0.4, 0.5) is 0 Å². The molecule has 0 amide bonds. The molecule has 1 heterocycles. The van der Waals surface area contributed by atoms with Gasteiger partial charge < -0.3 is 10.1 Å². The Balaban J connectivity index is 2.15. The van der Waals surface area contributed by atoms with E-state index in [1.54, 1.807) is 0 Å².